The van der Waals surface area contributed by atoms with Crippen molar-refractivity contribution in [3.63, 3.8) is 0 Å². The van der Waals surface area contributed by atoms with Crippen molar-refractivity contribution >= 4 is 34.6 Å². The Kier molecular flexibility index (Phi) is 3.78. The van der Waals surface area contributed by atoms with Crippen LogP contribution >= 0.6 is 11.8 Å². The minimum absolute atomic E-state index is 0.385. The fraction of sp³-hybridized carbons (Fsp3) is 0.417. The average molecular weight is 251 g/mol. The van der Waals surface area contributed by atoms with Crippen molar-refractivity contribution in [2.45, 2.75) is 19.4 Å². The molecule has 1 atom stereocenters. The van der Waals surface area contributed by atoms with Crippen LogP contribution in [0, 0.1) is 0 Å². The number of nitrogens with two attached hydrogens (primary N) is 1. The molecule has 0 spiro atoms. The highest BCUT2D eigenvalue weighted by atomic mass is 32.2. The van der Waals surface area contributed by atoms with E-state index in [0.29, 0.717) is 17.7 Å². The Morgan fingerprint density at radius 3 is 3.06 bits per heavy atom. The van der Waals surface area contributed by atoms with E-state index in [1.54, 1.807) is 0 Å². The van der Waals surface area contributed by atoms with E-state index in [1.807, 2.05) is 30.0 Å². The van der Waals surface area contributed by atoms with E-state index < -0.39 is 0 Å². The van der Waals surface area contributed by atoms with Gasteiger partial charge < -0.3 is 15.5 Å². The fourth-order valence-corrected chi connectivity index (χ4v) is 2.36. The summed E-state index contributed by atoms with van der Waals surface area (Å²) in [4.78, 5) is 4.38. The number of fused-ring (bicyclic) bond motifs is 1. The van der Waals surface area contributed by atoms with Gasteiger partial charge in [0.15, 0.2) is 5.58 Å². The Hall–Kier alpha value is -1.36. The van der Waals surface area contributed by atoms with Crippen molar-refractivity contribution in [2.24, 2.45) is 0 Å². The average Bonchev–Trinajstić information content (AvgIpc) is 2.69. The van der Waals surface area contributed by atoms with E-state index in [1.165, 1.54) is 0 Å². The molecule has 0 aliphatic rings. The van der Waals surface area contributed by atoms with Gasteiger partial charge in [-0.2, -0.15) is 16.7 Å². The highest BCUT2D eigenvalue weighted by Crippen LogP contribution is 2.22. The number of hydrogen-bond acceptors (Lipinski definition) is 5. The number of nitrogens with zero attached hydrogens (tertiary/aromatic N) is 1. The summed E-state index contributed by atoms with van der Waals surface area (Å²) in [6, 6.07) is 6.44. The smallest absolute Gasteiger partial charge is 0.295 e. The largest absolute Gasteiger partial charge is 0.424 e. The van der Waals surface area contributed by atoms with Crippen LogP contribution in [0.1, 0.15) is 13.3 Å². The zero-order chi connectivity index (χ0) is 12.3. The van der Waals surface area contributed by atoms with Crippen LogP contribution in [0.4, 0.5) is 11.7 Å². The Morgan fingerprint density at radius 2 is 2.35 bits per heavy atom. The molecule has 0 fully saturated rings. The SMILES string of the molecule is CCC(CSC)Nc1nc2cc(N)ccc2o1. The first-order valence-electron chi connectivity index (χ1n) is 5.64. The molecule has 0 aliphatic heterocycles. The first kappa shape index (κ1) is 12.1. The van der Waals surface area contributed by atoms with E-state index in [4.69, 9.17) is 10.2 Å². The second-order valence-corrected chi connectivity index (χ2v) is 4.86. The van der Waals surface area contributed by atoms with Gasteiger partial charge in [-0.05, 0) is 30.9 Å². The number of oxazole rings is 1. The van der Waals surface area contributed by atoms with E-state index >= 15 is 0 Å². The van der Waals surface area contributed by atoms with Gasteiger partial charge in [-0.15, -0.1) is 0 Å². The lowest BCUT2D eigenvalue weighted by atomic mass is 10.3. The molecule has 0 saturated carbocycles. The molecule has 1 aromatic heterocycles. The van der Waals surface area contributed by atoms with Gasteiger partial charge >= 0.3 is 0 Å². The fourth-order valence-electron chi connectivity index (χ4n) is 1.64. The van der Waals surface area contributed by atoms with Gasteiger partial charge in [-0.25, -0.2) is 0 Å². The maximum atomic E-state index is 5.70. The van der Waals surface area contributed by atoms with Crippen LogP contribution in [-0.2, 0) is 0 Å². The third kappa shape index (κ3) is 2.85. The summed E-state index contributed by atoms with van der Waals surface area (Å²) in [5.41, 5.74) is 7.97. The Morgan fingerprint density at radius 1 is 1.53 bits per heavy atom. The number of anilines is 2. The topological polar surface area (TPSA) is 64.1 Å². The van der Waals surface area contributed by atoms with Crippen LogP contribution in [-0.4, -0.2) is 23.0 Å². The molecule has 0 radical (unpaired) electrons. The van der Waals surface area contributed by atoms with Gasteiger partial charge in [0, 0.05) is 17.5 Å². The number of thioether (sulfide) groups is 1. The molecule has 2 aromatic rings. The lowest BCUT2D eigenvalue weighted by molar-refractivity contribution is 0.597. The van der Waals surface area contributed by atoms with Gasteiger partial charge in [0.1, 0.15) is 5.52 Å². The number of benzene rings is 1. The highest BCUT2D eigenvalue weighted by molar-refractivity contribution is 7.98. The molecule has 2 rings (SSSR count). The van der Waals surface area contributed by atoms with Crippen molar-refractivity contribution in [1.82, 2.24) is 4.98 Å². The third-order valence-corrected chi connectivity index (χ3v) is 3.34. The van der Waals surface area contributed by atoms with Gasteiger partial charge in [-0.1, -0.05) is 6.92 Å². The van der Waals surface area contributed by atoms with Crippen molar-refractivity contribution in [2.75, 3.05) is 23.1 Å². The molecular weight excluding hydrogens is 234 g/mol. The number of nitrogens with one attached hydrogen (secondary N) is 1. The zero-order valence-electron chi connectivity index (χ0n) is 10.1. The summed E-state index contributed by atoms with van der Waals surface area (Å²) in [5.74, 6) is 1.04. The van der Waals surface area contributed by atoms with Crippen molar-refractivity contribution in [3.05, 3.63) is 18.2 Å². The molecular formula is C12H17N3OS. The lowest BCUT2D eigenvalue weighted by Crippen LogP contribution is -2.21. The Bertz CT molecular complexity index is 497. The molecule has 17 heavy (non-hydrogen) atoms. The second kappa shape index (κ2) is 5.31. The number of aromatic nitrogens is 1. The standard InChI is InChI=1S/C12H17N3OS/c1-3-9(7-17-2)14-12-15-10-6-8(13)4-5-11(10)16-12/h4-6,9H,3,7,13H2,1-2H3,(H,14,15). The number of hydrogen-bond donors (Lipinski definition) is 2. The molecule has 92 valence electrons. The molecule has 0 bridgehead atoms. The van der Waals surface area contributed by atoms with E-state index in [0.717, 1.165) is 23.3 Å². The summed E-state index contributed by atoms with van der Waals surface area (Å²) in [6.45, 7) is 2.15. The first-order valence-corrected chi connectivity index (χ1v) is 7.04. The van der Waals surface area contributed by atoms with E-state index in [2.05, 4.69) is 23.5 Å². The number of rotatable bonds is 5. The summed E-state index contributed by atoms with van der Waals surface area (Å²) in [6.07, 6.45) is 3.14. The van der Waals surface area contributed by atoms with Crippen LogP contribution in [0.2, 0.25) is 0 Å². The van der Waals surface area contributed by atoms with Gasteiger partial charge in [0.25, 0.3) is 6.01 Å². The molecule has 0 aliphatic carbocycles. The minimum atomic E-state index is 0.385. The maximum Gasteiger partial charge on any atom is 0.295 e. The molecule has 3 N–H and O–H groups in total. The summed E-state index contributed by atoms with van der Waals surface area (Å²) in [7, 11) is 0. The highest BCUT2D eigenvalue weighted by Gasteiger charge is 2.10. The van der Waals surface area contributed by atoms with Crippen LogP contribution in [0.5, 0.6) is 0 Å². The van der Waals surface area contributed by atoms with Gasteiger partial charge in [-0.3, -0.25) is 0 Å². The summed E-state index contributed by atoms with van der Waals surface area (Å²) >= 11 is 1.81. The van der Waals surface area contributed by atoms with Crippen LogP contribution in [0.3, 0.4) is 0 Å². The molecule has 1 heterocycles. The summed E-state index contributed by atoms with van der Waals surface area (Å²) < 4.78 is 5.61. The van der Waals surface area contributed by atoms with Gasteiger partial charge in [0.05, 0.1) is 0 Å². The van der Waals surface area contributed by atoms with Crippen LogP contribution in [0.25, 0.3) is 11.1 Å². The predicted octanol–water partition coefficient (Wildman–Crippen LogP) is 2.96. The minimum Gasteiger partial charge on any atom is -0.424 e. The quantitative estimate of drug-likeness (QED) is 0.800. The Labute approximate surface area is 105 Å². The van der Waals surface area contributed by atoms with Crippen molar-refractivity contribution in [3.8, 4) is 0 Å². The monoisotopic (exact) mass is 251 g/mol. The normalized spacial score (nSPS) is 12.8. The molecule has 1 aromatic carbocycles. The molecule has 4 nitrogen and oxygen atoms in total. The van der Waals surface area contributed by atoms with E-state index in [-0.39, 0.29) is 0 Å². The number of nitrogen functional groups attached to an aromatic ring is 1. The zero-order valence-corrected chi connectivity index (χ0v) is 10.9. The first-order chi connectivity index (χ1) is 8.22. The van der Waals surface area contributed by atoms with Crippen molar-refractivity contribution < 1.29 is 4.42 Å². The van der Waals surface area contributed by atoms with Crippen LogP contribution < -0.4 is 11.1 Å². The molecule has 5 heteroatoms. The predicted molar refractivity (Wildman–Crippen MR) is 74.5 cm³/mol. The summed E-state index contributed by atoms with van der Waals surface area (Å²) in [5, 5.41) is 3.30. The van der Waals surface area contributed by atoms with E-state index in [9.17, 15) is 0 Å². The van der Waals surface area contributed by atoms with Crippen molar-refractivity contribution in [1.29, 1.82) is 0 Å². The molecule has 0 amide bonds. The molecule has 0 saturated heterocycles. The molecule has 1 unspecified atom stereocenters. The third-order valence-electron chi connectivity index (χ3n) is 2.60. The van der Waals surface area contributed by atoms with Crippen LogP contribution in [0.15, 0.2) is 22.6 Å². The van der Waals surface area contributed by atoms with Gasteiger partial charge in [0.2, 0.25) is 0 Å². The lowest BCUT2D eigenvalue weighted by Gasteiger charge is -2.13. The Balaban J connectivity index is 2.18. The second-order valence-electron chi connectivity index (χ2n) is 3.95. The maximum absolute atomic E-state index is 5.70.